The summed E-state index contributed by atoms with van der Waals surface area (Å²) >= 11 is 1.49. The highest BCUT2D eigenvalue weighted by molar-refractivity contribution is 8.00. The van der Waals surface area contributed by atoms with Crippen LogP contribution < -0.4 is 10.6 Å². The van der Waals surface area contributed by atoms with E-state index in [9.17, 15) is 9.59 Å². The Hall–Kier alpha value is -2.86. The number of nitrogens with zero attached hydrogens (tertiary/aromatic N) is 1. The maximum Gasteiger partial charge on any atom is 0.255 e. The van der Waals surface area contributed by atoms with Gasteiger partial charge in [0.25, 0.3) is 5.91 Å². The van der Waals surface area contributed by atoms with Gasteiger partial charge in [0.05, 0.1) is 22.1 Å². The van der Waals surface area contributed by atoms with Crippen LogP contribution in [0.2, 0.25) is 0 Å². The molecule has 0 unspecified atom stereocenters. The van der Waals surface area contributed by atoms with E-state index in [4.69, 9.17) is 0 Å². The normalized spacial score (nSPS) is 16.2. The molecule has 2 aromatic carbocycles. The van der Waals surface area contributed by atoms with Gasteiger partial charge in [-0.2, -0.15) is 0 Å². The molecule has 0 radical (unpaired) electrons. The fraction of sp³-hybridized carbons (Fsp3) is 0.105. The van der Waals surface area contributed by atoms with Crippen molar-refractivity contribution in [1.29, 1.82) is 0 Å². The number of benzene rings is 2. The van der Waals surface area contributed by atoms with Crippen LogP contribution in [0.1, 0.15) is 17.3 Å². The maximum absolute atomic E-state index is 12.6. The van der Waals surface area contributed by atoms with E-state index < -0.39 is 0 Å². The minimum atomic E-state index is -0.225. The number of fused-ring (bicyclic) bond motifs is 2. The lowest BCUT2D eigenvalue weighted by molar-refractivity contribution is -0.115. The molecule has 0 bridgehead atoms. The number of hydrogen-bond acceptors (Lipinski definition) is 4. The summed E-state index contributed by atoms with van der Waals surface area (Å²) in [5.74, 6) is -0.271. The third kappa shape index (κ3) is 2.96. The highest BCUT2D eigenvalue weighted by atomic mass is 32.2. The van der Waals surface area contributed by atoms with Crippen LogP contribution >= 0.6 is 11.8 Å². The van der Waals surface area contributed by atoms with Crippen LogP contribution in [0.5, 0.6) is 0 Å². The molecule has 0 spiro atoms. The summed E-state index contributed by atoms with van der Waals surface area (Å²) in [5.41, 5.74) is 2.71. The fourth-order valence-electron chi connectivity index (χ4n) is 2.76. The molecule has 124 valence electrons. The lowest BCUT2D eigenvalue weighted by Crippen LogP contribution is -2.26. The molecule has 0 saturated heterocycles. The average molecular weight is 349 g/mol. The first-order valence-electron chi connectivity index (χ1n) is 7.88. The number of carbonyl (C=O) groups excluding carboxylic acids is 2. The lowest BCUT2D eigenvalue weighted by Gasteiger charge is -2.21. The molecule has 6 heteroatoms. The molecular weight excluding hydrogens is 334 g/mol. The Labute approximate surface area is 148 Å². The third-order valence-corrected chi connectivity index (χ3v) is 5.24. The van der Waals surface area contributed by atoms with E-state index in [1.54, 1.807) is 18.3 Å². The molecule has 1 atom stereocenters. The number of thioether (sulfide) groups is 1. The van der Waals surface area contributed by atoms with Crippen molar-refractivity contribution in [2.45, 2.75) is 17.1 Å². The lowest BCUT2D eigenvalue weighted by atomic mass is 10.1. The molecule has 1 aromatic heterocycles. The van der Waals surface area contributed by atoms with Gasteiger partial charge in [-0.05, 0) is 49.4 Å². The summed E-state index contributed by atoms with van der Waals surface area (Å²) in [6.07, 6.45) is 1.72. The Bertz CT molecular complexity index is 998. The zero-order valence-corrected chi connectivity index (χ0v) is 14.3. The Morgan fingerprint density at radius 2 is 2.08 bits per heavy atom. The summed E-state index contributed by atoms with van der Waals surface area (Å²) in [4.78, 5) is 29.7. The highest BCUT2D eigenvalue weighted by Crippen LogP contribution is 2.36. The van der Waals surface area contributed by atoms with Crippen molar-refractivity contribution < 1.29 is 9.59 Å². The number of hydrogen-bond donors (Lipinski definition) is 2. The first-order chi connectivity index (χ1) is 12.1. The molecule has 5 nitrogen and oxygen atoms in total. The molecule has 0 fully saturated rings. The molecule has 2 heterocycles. The molecule has 0 saturated carbocycles. The molecule has 3 aromatic rings. The predicted molar refractivity (Wildman–Crippen MR) is 100 cm³/mol. The van der Waals surface area contributed by atoms with Crippen molar-refractivity contribution in [3.05, 3.63) is 60.3 Å². The van der Waals surface area contributed by atoms with E-state index in [0.717, 1.165) is 15.8 Å². The predicted octanol–water partition coefficient (Wildman–Crippen LogP) is 3.92. The average Bonchev–Trinajstić information content (AvgIpc) is 2.62. The number of nitrogens with one attached hydrogen (secondary N) is 2. The molecule has 0 aliphatic carbocycles. The van der Waals surface area contributed by atoms with E-state index in [-0.39, 0.29) is 17.1 Å². The van der Waals surface area contributed by atoms with Gasteiger partial charge >= 0.3 is 0 Å². The SMILES string of the molecule is C[C@H]1Sc2ccc(C(=O)Nc3cccc4ncccc34)cc2NC1=O. The van der Waals surface area contributed by atoms with Crippen molar-refractivity contribution in [2.75, 3.05) is 10.6 Å². The molecule has 2 N–H and O–H groups in total. The second-order valence-corrected chi connectivity index (χ2v) is 7.17. The van der Waals surface area contributed by atoms with Crippen molar-refractivity contribution in [3.63, 3.8) is 0 Å². The van der Waals surface area contributed by atoms with Crippen molar-refractivity contribution >= 4 is 45.9 Å². The first-order valence-corrected chi connectivity index (χ1v) is 8.76. The standard InChI is InChI=1S/C19H15N3O2S/c1-11-18(23)22-16-10-12(7-8-17(16)25-11)19(24)21-15-6-2-5-14-13(15)4-3-9-20-14/h2-11H,1H3,(H,21,24)(H,22,23)/t11-/m1/s1. The number of anilines is 2. The zero-order chi connectivity index (χ0) is 17.4. The van der Waals surface area contributed by atoms with E-state index in [1.165, 1.54) is 11.8 Å². The van der Waals surface area contributed by atoms with Gasteiger partial charge in [0.1, 0.15) is 0 Å². The smallest absolute Gasteiger partial charge is 0.255 e. The molecule has 2 amide bonds. The summed E-state index contributed by atoms with van der Waals surface area (Å²) in [5, 5.41) is 6.53. The summed E-state index contributed by atoms with van der Waals surface area (Å²) in [6.45, 7) is 1.86. The second kappa shape index (κ2) is 6.22. The van der Waals surface area contributed by atoms with Crippen LogP contribution in [0.4, 0.5) is 11.4 Å². The summed E-state index contributed by atoms with van der Waals surface area (Å²) in [6, 6.07) is 14.7. The second-order valence-electron chi connectivity index (χ2n) is 5.79. The maximum atomic E-state index is 12.6. The van der Waals surface area contributed by atoms with Gasteiger partial charge in [0.2, 0.25) is 5.91 Å². The molecule has 25 heavy (non-hydrogen) atoms. The number of carbonyl (C=O) groups is 2. The van der Waals surface area contributed by atoms with E-state index >= 15 is 0 Å². The quantitative estimate of drug-likeness (QED) is 0.736. The van der Waals surface area contributed by atoms with Crippen molar-refractivity contribution in [2.24, 2.45) is 0 Å². The monoisotopic (exact) mass is 349 g/mol. The van der Waals surface area contributed by atoms with Crippen LogP contribution in [0.3, 0.4) is 0 Å². The highest BCUT2D eigenvalue weighted by Gasteiger charge is 2.23. The third-order valence-electron chi connectivity index (χ3n) is 4.07. The number of aromatic nitrogens is 1. The van der Waals surface area contributed by atoms with Gasteiger partial charge in [0.15, 0.2) is 0 Å². The van der Waals surface area contributed by atoms with Gasteiger partial charge in [0, 0.05) is 22.0 Å². The van der Waals surface area contributed by atoms with Gasteiger partial charge in [-0.3, -0.25) is 14.6 Å². The molecule has 1 aliphatic rings. The number of amides is 2. The van der Waals surface area contributed by atoms with E-state index in [2.05, 4.69) is 15.6 Å². The summed E-state index contributed by atoms with van der Waals surface area (Å²) < 4.78 is 0. The van der Waals surface area contributed by atoms with Gasteiger partial charge < -0.3 is 10.6 Å². The summed E-state index contributed by atoms with van der Waals surface area (Å²) in [7, 11) is 0. The van der Waals surface area contributed by atoms with Gasteiger partial charge in [-0.25, -0.2) is 0 Å². The Morgan fingerprint density at radius 3 is 2.96 bits per heavy atom. The minimum Gasteiger partial charge on any atom is -0.324 e. The van der Waals surface area contributed by atoms with Crippen LogP contribution in [0.15, 0.2) is 59.6 Å². The topological polar surface area (TPSA) is 71.1 Å². The van der Waals surface area contributed by atoms with E-state index in [1.807, 2.05) is 43.3 Å². The van der Waals surface area contributed by atoms with Crippen LogP contribution in [-0.4, -0.2) is 22.0 Å². The first kappa shape index (κ1) is 15.7. The zero-order valence-electron chi connectivity index (χ0n) is 13.4. The van der Waals surface area contributed by atoms with Crippen LogP contribution in [-0.2, 0) is 4.79 Å². The largest absolute Gasteiger partial charge is 0.324 e. The van der Waals surface area contributed by atoms with Crippen LogP contribution in [0.25, 0.3) is 10.9 Å². The Balaban J connectivity index is 1.63. The van der Waals surface area contributed by atoms with Crippen molar-refractivity contribution in [1.82, 2.24) is 4.98 Å². The van der Waals surface area contributed by atoms with Crippen molar-refractivity contribution in [3.8, 4) is 0 Å². The van der Waals surface area contributed by atoms with E-state index in [0.29, 0.717) is 16.9 Å². The number of pyridine rings is 1. The Kier molecular flexibility index (Phi) is 3.89. The molecular formula is C19H15N3O2S. The number of rotatable bonds is 2. The molecule has 4 rings (SSSR count). The molecule has 1 aliphatic heterocycles. The van der Waals surface area contributed by atoms with Gasteiger partial charge in [-0.1, -0.05) is 6.07 Å². The minimum absolute atomic E-state index is 0.0461. The van der Waals surface area contributed by atoms with Crippen LogP contribution in [0, 0.1) is 0 Å². The van der Waals surface area contributed by atoms with Gasteiger partial charge in [-0.15, -0.1) is 11.8 Å². The Morgan fingerprint density at radius 1 is 1.20 bits per heavy atom. The fourth-order valence-corrected chi connectivity index (χ4v) is 3.69.